The molecule has 1 aromatic carbocycles. The summed E-state index contributed by atoms with van der Waals surface area (Å²) in [6.45, 7) is 4.94. The standard InChI is InChI=1S/C16H23NO3/c1-3-20-15-8-6-14(7-9-15)16(18)17-10-4-5-13(11-17)12-19-2/h6-9,13H,3-5,10-12H2,1-2H3/t13-/m0/s1. The number of amides is 1. The third-order valence-electron chi connectivity index (χ3n) is 3.62. The molecule has 1 fully saturated rings. The quantitative estimate of drug-likeness (QED) is 0.830. The number of carbonyl (C=O) groups is 1. The Hall–Kier alpha value is -1.55. The van der Waals surface area contributed by atoms with Crippen LogP contribution < -0.4 is 4.74 Å². The van der Waals surface area contributed by atoms with Gasteiger partial charge in [-0.3, -0.25) is 4.79 Å². The van der Waals surface area contributed by atoms with Crippen molar-refractivity contribution < 1.29 is 14.3 Å². The fourth-order valence-corrected chi connectivity index (χ4v) is 2.66. The summed E-state index contributed by atoms with van der Waals surface area (Å²) < 4.78 is 10.6. The van der Waals surface area contributed by atoms with Gasteiger partial charge in [-0.05, 0) is 49.9 Å². The highest BCUT2D eigenvalue weighted by Gasteiger charge is 2.24. The number of hydrogen-bond acceptors (Lipinski definition) is 3. The van der Waals surface area contributed by atoms with E-state index in [1.165, 1.54) is 0 Å². The molecule has 1 aromatic rings. The molecule has 0 saturated carbocycles. The molecule has 4 heteroatoms. The highest BCUT2D eigenvalue weighted by molar-refractivity contribution is 5.94. The van der Waals surface area contributed by atoms with Crippen molar-refractivity contribution in [3.63, 3.8) is 0 Å². The molecule has 0 aliphatic carbocycles. The fraction of sp³-hybridized carbons (Fsp3) is 0.562. The molecule has 0 unspecified atom stereocenters. The minimum absolute atomic E-state index is 0.105. The number of piperidine rings is 1. The highest BCUT2D eigenvalue weighted by atomic mass is 16.5. The Morgan fingerprint density at radius 1 is 1.35 bits per heavy atom. The van der Waals surface area contributed by atoms with Crippen molar-refractivity contribution in [2.45, 2.75) is 19.8 Å². The lowest BCUT2D eigenvalue weighted by Gasteiger charge is -2.32. The van der Waals surface area contributed by atoms with Crippen LogP contribution in [0.25, 0.3) is 0 Å². The molecule has 1 amide bonds. The largest absolute Gasteiger partial charge is 0.494 e. The molecule has 4 nitrogen and oxygen atoms in total. The molecule has 20 heavy (non-hydrogen) atoms. The van der Waals surface area contributed by atoms with Gasteiger partial charge in [-0.25, -0.2) is 0 Å². The van der Waals surface area contributed by atoms with Crippen molar-refractivity contribution in [1.29, 1.82) is 0 Å². The molecule has 0 N–H and O–H groups in total. The lowest BCUT2D eigenvalue weighted by Crippen LogP contribution is -2.41. The van der Waals surface area contributed by atoms with E-state index in [1.54, 1.807) is 7.11 Å². The summed E-state index contributed by atoms with van der Waals surface area (Å²) in [5.41, 5.74) is 0.728. The lowest BCUT2D eigenvalue weighted by atomic mass is 9.98. The first-order chi connectivity index (χ1) is 9.74. The van der Waals surface area contributed by atoms with E-state index >= 15 is 0 Å². The first-order valence-corrected chi connectivity index (χ1v) is 7.25. The Morgan fingerprint density at radius 2 is 2.10 bits per heavy atom. The Bertz CT molecular complexity index is 428. The SMILES string of the molecule is CCOc1ccc(C(=O)N2CCC[C@H](COC)C2)cc1. The number of nitrogens with zero attached hydrogens (tertiary/aromatic N) is 1. The molecular formula is C16H23NO3. The number of methoxy groups -OCH3 is 1. The number of carbonyl (C=O) groups excluding carboxylic acids is 1. The summed E-state index contributed by atoms with van der Waals surface area (Å²) in [5.74, 6) is 1.37. The van der Waals surface area contributed by atoms with Crippen molar-refractivity contribution in [2.75, 3.05) is 33.4 Å². The lowest BCUT2D eigenvalue weighted by molar-refractivity contribution is 0.0571. The second kappa shape index (κ2) is 7.29. The maximum absolute atomic E-state index is 12.5. The van der Waals surface area contributed by atoms with Gasteiger partial charge in [0.2, 0.25) is 0 Å². The summed E-state index contributed by atoms with van der Waals surface area (Å²) in [7, 11) is 1.72. The van der Waals surface area contributed by atoms with Crippen LogP contribution in [0.4, 0.5) is 0 Å². The zero-order valence-electron chi connectivity index (χ0n) is 12.3. The molecule has 0 bridgehead atoms. The molecule has 0 aromatic heterocycles. The van der Waals surface area contributed by atoms with Crippen LogP contribution in [0.1, 0.15) is 30.1 Å². The van der Waals surface area contributed by atoms with E-state index < -0.39 is 0 Å². The van der Waals surface area contributed by atoms with E-state index in [0.29, 0.717) is 12.5 Å². The van der Waals surface area contributed by atoms with E-state index in [2.05, 4.69) is 0 Å². The third kappa shape index (κ3) is 3.73. The molecule has 1 aliphatic rings. The number of rotatable bonds is 5. The van der Waals surface area contributed by atoms with Crippen LogP contribution >= 0.6 is 0 Å². The molecule has 2 rings (SSSR count). The van der Waals surface area contributed by atoms with Gasteiger partial charge in [0.1, 0.15) is 5.75 Å². The normalized spacial score (nSPS) is 18.9. The van der Waals surface area contributed by atoms with Gasteiger partial charge < -0.3 is 14.4 Å². The smallest absolute Gasteiger partial charge is 0.253 e. The molecular weight excluding hydrogens is 254 g/mol. The van der Waals surface area contributed by atoms with Crippen LogP contribution in [0.3, 0.4) is 0 Å². The van der Waals surface area contributed by atoms with Crippen molar-refractivity contribution in [3.05, 3.63) is 29.8 Å². The van der Waals surface area contributed by atoms with E-state index in [-0.39, 0.29) is 5.91 Å². The van der Waals surface area contributed by atoms with Gasteiger partial charge in [0, 0.05) is 25.8 Å². The van der Waals surface area contributed by atoms with Crippen LogP contribution in [-0.2, 0) is 4.74 Å². The van der Waals surface area contributed by atoms with Crippen LogP contribution in [0.5, 0.6) is 5.75 Å². The van der Waals surface area contributed by atoms with Crippen LogP contribution in [0.2, 0.25) is 0 Å². The average molecular weight is 277 g/mol. The van der Waals surface area contributed by atoms with Crippen molar-refractivity contribution in [2.24, 2.45) is 5.92 Å². The van der Waals surface area contributed by atoms with Crippen LogP contribution in [0, 0.1) is 5.92 Å². The first kappa shape index (κ1) is 14.9. The summed E-state index contributed by atoms with van der Waals surface area (Å²) >= 11 is 0. The third-order valence-corrected chi connectivity index (χ3v) is 3.62. The van der Waals surface area contributed by atoms with Crippen molar-refractivity contribution in [1.82, 2.24) is 4.90 Å². The highest BCUT2D eigenvalue weighted by Crippen LogP contribution is 2.20. The second-order valence-corrected chi connectivity index (χ2v) is 5.17. The molecule has 110 valence electrons. The summed E-state index contributed by atoms with van der Waals surface area (Å²) in [5, 5.41) is 0. The predicted molar refractivity (Wildman–Crippen MR) is 78.1 cm³/mol. The predicted octanol–water partition coefficient (Wildman–Crippen LogP) is 2.58. The first-order valence-electron chi connectivity index (χ1n) is 7.25. The second-order valence-electron chi connectivity index (χ2n) is 5.17. The van der Waals surface area contributed by atoms with E-state index in [0.717, 1.165) is 43.9 Å². The Morgan fingerprint density at radius 3 is 2.75 bits per heavy atom. The zero-order chi connectivity index (χ0) is 14.4. The summed E-state index contributed by atoms with van der Waals surface area (Å²) in [6, 6.07) is 7.39. The maximum Gasteiger partial charge on any atom is 0.253 e. The van der Waals surface area contributed by atoms with Crippen molar-refractivity contribution in [3.8, 4) is 5.75 Å². The Balaban J connectivity index is 1.99. The van der Waals surface area contributed by atoms with Gasteiger partial charge in [-0.1, -0.05) is 0 Å². The monoisotopic (exact) mass is 277 g/mol. The van der Waals surface area contributed by atoms with Crippen LogP contribution in [-0.4, -0.2) is 44.2 Å². The van der Waals surface area contributed by atoms with Gasteiger partial charge in [0.25, 0.3) is 5.91 Å². The number of ether oxygens (including phenoxy) is 2. The molecule has 1 saturated heterocycles. The molecule has 1 aliphatic heterocycles. The minimum Gasteiger partial charge on any atom is -0.494 e. The molecule has 1 heterocycles. The fourth-order valence-electron chi connectivity index (χ4n) is 2.66. The van der Waals surface area contributed by atoms with Crippen LogP contribution in [0.15, 0.2) is 24.3 Å². The van der Waals surface area contributed by atoms with Gasteiger partial charge in [-0.2, -0.15) is 0 Å². The Labute approximate surface area is 120 Å². The van der Waals surface area contributed by atoms with Gasteiger partial charge in [-0.15, -0.1) is 0 Å². The maximum atomic E-state index is 12.5. The summed E-state index contributed by atoms with van der Waals surface area (Å²) in [6.07, 6.45) is 2.19. The zero-order valence-corrected chi connectivity index (χ0v) is 12.3. The molecule has 0 radical (unpaired) electrons. The minimum atomic E-state index is 0.105. The Kier molecular flexibility index (Phi) is 5.41. The van der Waals surface area contributed by atoms with Gasteiger partial charge in [0.05, 0.1) is 13.2 Å². The average Bonchev–Trinajstić information content (AvgIpc) is 2.48. The van der Waals surface area contributed by atoms with Gasteiger partial charge in [0.15, 0.2) is 0 Å². The topological polar surface area (TPSA) is 38.8 Å². The van der Waals surface area contributed by atoms with Crippen molar-refractivity contribution >= 4 is 5.91 Å². The number of benzene rings is 1. The van der Waals surface area contributed by atoms with Gasteiger partial charge >= 0.3 is 0 Å². The van der Waals surface area contributed by atoms with E-state index in [1.807, 2.05) is 36.1 Å². The molecule has 0 spiro atoms. The van der Waals surface area contributed by atoms with E-state index in [4.69, 9.17) is 9.47 Å². The number of likely N-dealkylation sites (tertiary alicyclic amines) is 1. The van der Waals surface area contributed by atoms with E-state index in [9.17, 15) is 4.79 Å². The summed E-state index contributed by atoms with van der Waals surface area (Å²) in [4.78, 5) is 14.4. The number of hydrogen-bond donors (Lipinski definition) is 0. The molecule has 1 atom stereocenters.